The largest absolute Gasteiger partial charge is 0.497 e. The number of fused-ring (bicyclic) bond motifs is 1. The zero-order valence-electron chi connectivity index (χ0n) is 17.2. The summed E-state index contributed by atoms with van der Waals surface area (Å²) in [5.74, 6) is -0.763. The molecule has 7 heteroatoms. The number of nitrogens with zero attached hydrogens (tertiary/aromatic N) is 3. The normalized spacial score (nSPS) is 22.1. The van der Waals surface area contributed by atoms with Gasteiger partial charge < -0.3 is 4.74 Å². The molecule has 32 heavy (non-hydrogen) atoms. The third-order valence-corrected chi connectivity index (χ3v) is 5.84. The molecule has 3 atom stereocenters. The van der Waals surface area contributed by atoms with E-state index in [1.165, 1.54) is 0 Å². The molecule has 158 valence electrons. The van der Waals surface area contributed by atoms with Crippen molar-refractivity contribution in [3.63, 3.8) is 0 Å². The van der Waals surface area contributed by atoms with E-state index in [1.54, 1.807) is 36.4 Å². The first-order valence-corrected chi connectivity index (χ1v) is 10.2. The minimum atomic E-state index is -0.939. The first-order chi connectivity index (χ1) is 15.6. The van der Waals surface area contributed by atoms with E-state index in [4.69, 9.17) is 14.8 Å². The number of hydrogen-bond acceptors (Lipinski definition) is 6. The molecule has 2 heterocycles. The number of methoxy groups -OCH3 is 1. The SMILES string of the molecule is COc1ccc([C@@H]2[C@H]3C(=O)N(c4ccc(C#N)cc4)C(=O)[C@@H]3ON2c2ccccc2)cc1. The molecule has 7 nitrogen and oxygen atoms in total. The second kappa shape index (κ2) is 7.84. The lowest BCUT2D eigenvalue weighted by atomic mass is 9.90. The van der Waals surface area contributed by atoms with Crippen LogP contribution in [0.25, 0.3) is 0 Å². The summed E-state index contributed by atoms with van der Waals surface area (Å²) in [5, 5.41) is 10.7. The van der Waals surface area contributed by atoms with Crippen LogP contribution < -0.4 is 14.7 Å². The summed E-state index contributed by atoms with van der Waals surface area (Å²) in [6.07, 6.45) is -0.939. The summed E-state index contributed by atoms with van der Waals surface area (Å²) in [4.78, 5) is 34.1. The van der Waals surface area contributed by atoms with Gasteiger partial charge >= 0.3 is 0 Å². The molecule has 0 spiro atoms. The molecule has 2 aliphatic heterocycles. The number of anilines is 2. The van der Waals surface area contributed by atoms with Crippen molar-refractivity contribution in [3.8, 4) is 11.8 Å². The Kier molecular flexibility index (Phi) is 4.85. The van der Waals surface area contributed by atoms with Crippen LogP contribution in [0.15, 0.2) is 78.9 Å². The first kappa shape index (κ1) is 19.8. The Labute approximate surface area is 185 Å². The van der Waals surface area contributed by atoms with Crippen LogP contribution in [-0.2, 0) is 14.4 Å². The molecule has 0 saturated carbocycles. The van der Waals surface area contributed by atoms with E-state index in [1.807, 2.05) is 60.7 Å². The second-order valence-electron chi connectivity index (χ2n) is 7.60. The number of nitriles is 1. The number of carbonyl (C=O) groups is 2. The van der Waals surface area contributed by atoms with Gasteiger partial charge in [0, 0.05) is 0 Å². The molecule has 3 aromatic carbocycles. The third kappa shape index (κ3) is 3.09. The molecule has 0 aliphatic carbocycles. The van der Waals surface area contributed by atoms with Gasteiger partial charge in [0.25, 0.3) is 5.91 Å². The topological polar surface area (TPSA) is 82.9 Å². The molecule has 5 rings (SSSR count). The highest BCUT2D eigenvalue weighted by atomic mass is 16.7. The van der Waals surface area contributed by atoms with E-state index < -0.39 is 24.0 Å². The molecule has 0 radical (unpaired) electrons. The van der Waals surface area contributed by atoms with Crippen molar-refractivity contribution in [2.45, 2.75) is 12.1 Å². The molecule has 2 fully saturated rings. The number of benzene rings is 3. The molecule has 0 aromatic heterocycles. The van der Waals surface area contributed by atoms with Crippen LogP contribution in [0.3, 0.4) is 0 Å². The number of ether oxygens (including phenoxy) is 1. The minimum Gasteiger partial charge on any atom is -0.497 e. The van der Waals surface area contributed by atoms with E-state index in [-0.39, 0.29) is 5.91 Å². The van der Waals surface area contributed by atoms with Crippen LogP contribution in [0.2, 0.25) is 0 Å². The van der Waals surface area contributed by atoms with E-state index in [0.29, 0.717) is 17.0 Å². The first-order valence-electron chi connectivity index (χ1n) is 10.2. The van der Waals surface area contributed by atoms with Crippen molar-refractivity contribution in [3.05, 3.63) is 90.0 Å². The van der Waals surface area contributed by atoms with Crippen molar-refractivity contribution in [2.75, 3.05) is 17.1 Å². The lowest BCUT2D eigenvalue weighted by Crippen LogP contribution is -2.37. The summed E-state index contributed by atoms with van der Waals surface area (Å²) in [7, 11) is 1.59. The smallest absolute Gasteiger partial charge is 0.266 e. The third-order valence-electron chi connectivity index (χ3n) is 5.84. The standard InChI is InChI=1S/C25H19N3O4/c1-31-20-13-9-17(10-14-20)22-21-23(32-28(22)19-5-3-2-4-6-19)25(30)27(24(21)29)18-11-7-16(15-26)8-12-18/h2-14,21-23H,1H3/t21-,22-,23-/m1/s1. The van der Waals surface area contributed by atoms with Crippen LogP contribution in [0.4, 0.5) is 11.4 Å². The van der Waals surface area contributed by atoms with Gasteiger partial charge in [-0.25, -0.2) is 9.96 Å². The number of amides is 2. The van der Waals surface area contributed by atoms with Gasteiger partial charge in [-0.2, -0.15) is 5.26 Å². The molecule has 0 N–H and O–H groups in total. The summed E-state index contributed by atoms with van der Waals surface area (Å²) in [6, 6.07) is 24.8. The molecular formula is C25H19N3O4. The molecule has 2 aliphatic rings. The van der Waals surface area contributed by atoms with Gasteiger partial charge in [-0.15, -0.1) is 0 Å². The Hall–Kier alpha value is -4.15. The van der Waals surface area contributed by atoms with Crippen LogP contribution >= 0.6 is 0 Å². The fourth-order valence-electron chi connectivity index (χ4n) is 4.29. The molecule has 3 aromatic rings. The van der Waals surface area contributed by atoms with Crippen LogP contribution in [-0.4, -0.2) is 25.0 Å². The van der Waals surface area contributed by atoms with Gasteiger partial charge in [0.05, 0.1) is 36.2 Å². The summed E-state index contributed by atoms with van der Waals surface area (Å²) >= 11 is 0. The maximum Gasteiger partial charge on any atom is 0.266 e. The van der Waals surface area contributed by atoms with Crippen molar-refractivity contribution < 1.29 is 19.2 Å². The van der Waals surface area contributed by atoms with Crippen molar-refractivity contribution >= 4 is 23.2 Å². The lowest BCUT2D eigenvalue weighted by molar-refractivity contribution is -0.126. The number of rotatable bonds is 4. The Morgan fingerprint density at radius 1 is 0.875 bits per heavy atom. The fraction of sp³-hybridized carbons (Fsp3) is 0.160. The van der Waals surface area contributed by atoms with Crippen LogP contribution in [0, 0.1) is 17.2 Å². The second-order valence-corrected chi connectivity index (χ2v) is 7.60. The summed E-state index contributed by atoms with van der Waals surface area (Å²) in [6.45, 7) is 0. The number of imide groups is 1. The van der Waals surface area contributed by atoms with E-state index >= 15 is 0 Å². The number of para-hydroxylation sites is 1. The average molecular weight is 425 g/mol. The Morgan fingerprint density at radius 2 is 1.56 bits per heavy atom. The quantitative estimate of drug-likeness (QED) is 0.594. The highest BCUT2D eigenvalue weighted by molar-refractivity contribution is 6.23. The van der Waals surface area contributed by atoms with Crippen LogP contribution in [0.1, 0.15) is 17.2 Å². The highest BCUT2D eigenvalue weighted by Crippen LogP contribution is 2.47. The lowest BCUT2D eigenvalue weighted by Gasteiger charge is -2.28. The highest BCUT2D eigenvalue weighted by Gasteiger charge is 2.60. The van der Waals surface area contributed by atoms with Crippen molar-refractivity contribution in [1.82, 2.24) is 0 Å². The van der Waals surface area contributed by atoms with E-state index in [2.05, 4.69) is 0 Å². The van der Waals surface area contributed by atoms with Gasteiger partial charge in [0.1, 0.15) is 11.7 Å². The summed E-state index contributed by atoms with van der Waals surface area (Å²) in [5.41, 5.74) is 2.48. The number of hydroxylamine groups is 1. The monoisotopic (exact) mass is 425 g/mol. The molecule has 0 bridgehead atoms. The predicted molar refractivity (Wildman–Crippen MR) is 117 cm³/mol. The van der Waals surface area contributed by atoms with Gasteiger partial charge in [-0.3, -0.25) is 14.4 Å². The van der Waals surface area contributed by atoms with Crippen molar-refractivity contribution in [1.29, 1.82) is 5.26 Å². The molecule has 0 unspecified atom stereocenters. The van der Waals surface area contributed by atoms with E-state index in [9.17, 15) is 9.59 Å². The zero-order chi connectivity index (χ0) is 22.2. The Balaban J connectivity index is 1.56. The van der Waals surface area contributed by atoms with Gasteiger partial charge in [0.15, 0.2) is 6.10 Å². The van der Waals surface area contributed by atoms with Crippen molar-refractivity contribution in [2.24, 2.45) is 5.92 Å². The maximum absolute atomic E-state index is 13.5. The number of carbonyl (C=O) groups excluding carboxylic acids is 2. The Morgan fingerprint density at radius 3 is 2.19 bits per heavy atom. The van der Waals surface area contributed by atoms with Gasteiger partial charge in [-0.05, 0) is 54.1 Å². The fourth-order valence-corrected chi connectivity index (χ4v) is 4.29. The van der Waals surface area contributed by atoms with E-state index in [0.717, 1.165) is 16.2 Å². The predicted octanol–water partition coefficient (Wildman–Crippen LogP) is 3.62. The molecular weight excluding hydrogens is 406 g/mol. The summed E-state index contributed by atoms with van der Waals surface area (Å²) < 4.78 is 5.26. The Bertz CT molecular complexity index is 1200. The zero-order valence-corrected chi connectivity index (χ0v) is 17.2. The number of hydrogen-bond donors (Lipinski definition) is 0. The van der Waals surface area contributed by atoms with Crippen LogP contribution in [0.5, 0.6) is 5.75 Å². The molecule has 2 saturated heterocycles. The minimum absolute atomic E-state index is 0.330. The maximum atomic E-state index is 13.5. The molecule has 2 amide bonds. The average Bonchev–Trinajstić information content (AvgIpc) is 3.36. The van der Waals surface area contributed by atoms with Gasteiger partial charge in [-0.1, -0.05) is 30.3 Å². The van der Waals surface area contributed by atoms with Gasteiger partial charge in [0.2, 0.25) is 5.91 Å².